The predicted octanol–water partition coefficient (Wildman–Crippen LogP) is 3.40. The molecule has 0 aliphatic rings. The minimum Gasteiger partial charge on any atom is -0.277 e. The molecule has 1 nitrogen and oxygen atoms in total. The van der Waals surface area contributed by atoms with Gasteiger partial charge >= 0.3 is 18.5 Å². The molecule has 0 aromatic heterocycles. The molecular formula is C6H4F10O. The number of rotatable bonds is 6. The van der Waals surface area contributed by atoms with Crippen molar-refractivity contribution in [3.8, 4) is 0 Å². The summed E-state index contributed by atoms with van der Waals surface area (Å²) in [4.78, 5) is 0. The van der Waals surface area contributed by atoms with Gasteiger partial charge in [-0.1, -0.05) is 0 Å². The quantitative estimate of drug-likeness (QED) is 0.678. The van der Waals surface area contributed by atoms with Gasteiger partial charge in [-0.05, 0) is 0 Å². The van der Waals surface area contributed by atoms with Crippen LogP contribution < -0.4 is 0 Å². The normalized spacial score (nSPS) is 17.6. The third kappa shape index (κ3) is 3.89. The van der Waals surface area contributed by atoms with E-state index in [1.807, 2.05) is 0 Å². The van der Waals surface area contributed by atoms with Crippen LogP contribution in [0, 0.1) is 0 Å². The molecule has 0 aliphatic heterocycles. The molecule has 0 aromatic carbocycles. The molecule has 2 unspecified atom stereocenters. The SMILES string of the molecule is FC(F)C(F)C(F)(F)OC(F)C(F)(F)C(F)F. The third-order valence-corrected chi connectivity index (χ3v) is 1.40. The van der Waals surface area contributed by atoms with E-state index in [9.17, 15) is 43.9 Å². The lowest BCUT2D eigenvalue weighted by atomic mass is 10.3. The molecule has 0 N–H and O–H groups in total. The van der Waals surface area contributed by atoms with Crippen LogP contribution >= 0.6 is 0 Å². The molecule has 0 saturated carbocycles. The molecule has 0 heterocycles. The Labute approximate surface area is 87.3 Å². The Kier molecular flexibility index (Phi) is 5.04. The maximum atomic E-state index is 12.2. The summed E-state index contributed by atoms with van der Waals surface area (Å²) in [6.45, 7) is 0. The van der Waals surface area contributed by atoms with Crippen molar-refractivity contribution in [1.29, 1.82) is 0 Å². The number of hydrogen-bond acceptors (Lipinski definition) is 1. The number of alkyl halides is 10. The lowest BCUT2D eigenvalue weighted by Gasteiger charge is -2.26. The Morgan fingerprint density at radius 3 is 1.47 bits per heavy atom. The second-order valence-corrected chi connectivity index (χ2v) is 2.71. The van der Waals surface area contributed by atoms with E-state index in [4.69, 9.17) is 0 Å². The Morgan fingerprint density at radius 1 is 0.765 bits per heavy atom. The highest BCUT2D eigenvalue weighted by atomic mass is 19.3. The molecule has 0 aromatic rings. The van der Waals surface area contributed by atoms with Crippen molar-refractivity contribution in [3.05, 3.63) is 0 Å². The number of hydrogen-bond donors (Lipinski definition) is 0. The van der Waals surface area contributed by atoms with Gasteiger partial charge in [-0.15, -0.1) is 0 Å². The van der Waals surface area contributed by atoms with Crippen LogP contribution in [0.5, 0.6) is 0 Å². The monoisotopic (exact) mass is 282 g/mol. The third-order valence-electron chi connectivity index (χ3n) is 1.40. The van der Waals surface area contributed by atoms with Gasteiger partial charge in [0.1, 0.15) is 0 Å². The summed E-state index contributed by atoms with van der Waals surface area (Å²) in [7, 11) is 0. The lowest BCUT2D eigenvalue weighted by Crippen LogP contribution is -2.47. The van der Waals surface area contributed by atoms with Gasteiger partial charge in [-0.3, -0.25) is 4.74 Å². The van der Waals surface area contributed by atoms with Gasteiger partial charge < -0.3 is 0 Å². The molecule has 0 amide bonds. The molecule has 17 heavy (non-hydrogen) atoms. The molecule has 0 radical (unpaired) electrons. The van der Waals surface area contributed by atoms with Crippen LogP contribution in [0.1, 0.15) is 0 Å². The van der Waals surface area contributed by atoms with Crippen LogP contribution in [-0.2, 0) is 4.74 Å². The second-order valence-electron chi connectivity index (χ2n) is 2.71. The Balaban J connectivity index is 4.73. The smallest absolute Gasteiger partial charge is 0.277 e. The maximum Gasteiger partial charge on any atom is 0.395 e. The van der Waals surface area contributed by atoms with Crippen LogP contribution in [-0.4, -0.2) is 37.4 Å². The van der Waals surface area contributed by atoms with Crippen molar-refractivity contribution < 1.29 is 48.6 Å². The molecule has 0 spiro atoms. The van der Waals surface area contributed by atoms with Crippen molar-refractivity contribution in [2.75, 3.05) is 0 Å². The highest BCUT2D eigenvalue weighted by molar-refractivity contribution is 4.77. The summed E-state index contributed by atoms with van der Waals surface area (Å²) >= 11 is 0. The van der Waals surface area contributed by atoms with Gasteiger partial charge in [-0.2, -0.15) is 17.6 Å². The minimum atomic E-state index is -5.68. The molecular weight excluding hydrogens is 278 g/mol. The fourth-order valence-electron chi connectivity index (χ4n) is 0.527. The fourth-order valence-corrected chi connectivity index (χ4v) is 0.527. The van der Waals surface area contributed by atoms with E-state index < -0.39 is 37.4 Å². The van der Waals surface area contributed by atoms with Crippen molar-refractivity contribution in [1.82, 2.24) is 0 Å². The standard InChI is InChI=1S/C6H4F10O/c7-1(2(8)9)6(15,16)17-4(12)5(13,14)3(10)11/h1-4H. The fraction of sp³-hybridized carbons (Fsp3) is 1.00. The summed E-state index contributed by atoms with van der Waals surface area (Å²) in [5.41, 5.74) is 0. The first-order chi connectivity index (χ1) is 7.43. The van der Waals surface area contributed by atoms with Gasteiger partial charge in [0.25, 0.3) is 19.0 Å². The molecule has 104 valence electrons. The first kappa shape index (κ1) is 16.3. The second kappa shape index (κ2) is 5.27. The van der Waals surface area contributed by atoms with E-state index in [1.54, 1.807) is 0 Å². The van der Waals surface area contributed by atoms with Gasteiger partial charge in [-0.25, -0.2) is 26.3 Å². The van der Waals surface area contributed by atoms with E-state index in [0.29, 0.717) is 0 Å². The highest BCUT2D eigenvalue weighted by Crippen LogP contribution is 2.36. The Morgan fingerprint density at radius 2 is 1.18 bits per heavy atom. The molecule has 0 rings (SSSR count). The molecule has 2 atom stereocenters. The first-order valence-corrected chi connectivity index (χ1v) is 3.70. The minimum absolute atomic E-state index is 2.30. The zero-order chi connectivity index (χ0) is 14.0. The zero-order valence-electron chi connectivity index (χ0n) is 7.50. The van der Waals surface area contributed by atoms with Crippen LogP contribution in [0.3, 0.4) is 0 Å². The molecule has 0 fully saturated rings. The van der Waals surface area contributed by atoms with Crippen molar-refractivity contribution >= 4 is 0 Å². The van der Waals surface area contributed by atoms with Gasteiger partial charge in [0, 0.05) is 0 Å². The van der Waals surface area contributed by atoms with E-state index in [-0.39, 0.29) is 0 Å². The average molecular weight is 282 g/mol. The van der Waals surface area contributed by atoms with E-state index >= 15 is 0 Å². The van der Waals surface area contributed by atoms with Crippen LogP contribution in [0.4, 0.5) is 43.9 Å². The average Bonchev–Trinajstić information content (AvgIpc) is 2.15. The zero-order valence-corrected chi connectivity index (χ0v) is 7.50. The van der Waals surface area contributed by atoms with Gasteiger partial charge in [0.05, 0.1) is 0 Å². The van der Waals surface area contributed by atoms with Gasteiger partial charge in [0.15, 0.2) is 0 Å². The molecule has 0 saturated heterocycles. The topological polar surface area (TPSA) is 9.23 Å². The largest absolute Gasteiger partial charge is 0.395 e. The van der Waals surface area contributed by atoms with Crippen LogP contribution in [0.2, 0.25) is 0 Å². The number of halogens is 10. The summed E-state index contributed by atoms with van der Waals surface area (Å²) in [6.07, 6.45) is -23.8. The predicted molar refractivity (Wildman–Crippen MR) is 32.8 cm³/mol. The van der Waals surface area contributed by atoms with E-state index in [0.717, 1.165) is 0 Å². The van der Waals surface area contributed by atoms with Crippen LogP contribution in [0.25, 0.3) is 0 Å². The summed E-state index contributed by atoms with van der Waals surface area (Å²) in [6, 6.07) is 0. The Bertz CT molecular complexity index is 241. The number of ether oxygens (including phenoxy) is 1. The maximum absolute atomic E-state index is 12.2. The molecule has 0 bridgehead atoms. The van der Waals surface area contributed by atoms with Gasteiger partial charge in [0.2, 0.25) is 0 Å². The summed E-state index contributed by atoms with van der Waals surface area (Å²) in [5.74, 6) is -5.68. The van der Waals surface area contributed by atoms with Crippen molar-refractivity contribution in [2.45, 2.75) is 37.4 Å². The summed E-state index contributed by atoms with van der Waals surface area (Å²) in [5, 5.41) is 0. The molecule has 11 heteroatoms. The Hall–Kier alpha value is -0.740. The lowest BCUT2D eigenvalue weighted by molar-refractivity contribution is -0.370. The molecule has 0 aliphatic carbocycles. The van der Waals surface area contributed by atoms with E-state index in [2.05, 4.69) is 4.74 Å². The van der Waals surface area contributed by atoms with Crippen molar-refractivity contribution in [3.63, 3.8) is 0 Å². The van der Waals surface area contributed by atoms with Crippen LogP contribution in [0.15, 0.2) is 0 Å². The van der Waals surface area contributed by atoms with Crippen molar-refractivity contribution in [2.24, 2.45) is 0 Å². The highest BCUT2D eigenvalue weighted by Gasteiger charge is 2.58. The first-order valence-electron chi connectivity index (χ1n) is 3.70. The summed E-state index contributed by atoms with van der Waals surface area (Å²) < 4.78 is 121. The van der Waals surface area contributed by atoms with E-state index in [1.165, 1.54) is 0 Å².